The number of aliphatic hydroxyl groups is 1. The molecule has 20 heavy (non-hydrogen) atoms. The van der Waals surface area contributed by atoms with Crippen LogP contribution in [0.3, 0.4) is 0 Å². The number of thiophene rings is 1. The molecule has 2 atom stereocenters. The third-order valence-corrected chi connectivity index (χ3v) is 5.79. The van der Waals surface area contributed by atoms with Crippen molar-refractivity contribution in [3.05, 3.63) is 21.9 Å². The van der Waals surface area contributed by atoms with Crippen LogP contribution in [-0.2, 0) is 11.2 Å². The first-order chi connectivity index (χ1) is 9.75. The van der Waals surface area contributed by atoms with Crippen LogP contribution in [0.2, 0.25) is 0 Å². The molecular formula is C16H23NO2S. The molecule has 2 aliphatic rings. The minimum atomic E-state index is -0.369. The maximum atomic E-state index is 12.4. The molecule has 0 spiro atoms. The van der Waals surface area contributed by atoms with E-state index in [4.69, 9.17) is 0 Å². The summed E-state index contributed by atoms with van der Waals surface area (Å²) in [5.74, 6) is 0.487. The third kappa shape index (κ3) is 2.91. The smallest absolute Gasteiger partial charge is 0.227 e. The summed E-state index contributed by atoms with van der Waals surface area (Å²) in [6, 6.07) is 2.09. The molecule has 1 heterocycles. The summed E-state index contributed by atoms with van der Waals surface area (Å²) in [5, 5.41) is 15.2. The minimum Gasteiger partial charge on any atom is -0.391 e. The molecule has 0 radical (unpaired) electrons. The maximum absolute atomic E-state index is 12.4. The second-order valence-corrected chi connectivity index (χ2v) is 7.10. The van der Waals surface area contributed by atoms with Gasteiger partial charge in [-0.2, -0.15) is 0 Å². The number of hydrogen-bond donors (Lipinski definition) is 2. The normalized spacial score (nSPS) is 24.4. The van der Waals surface area contributed by atoms with Crippen molar-refractivity contribution in [2.24, 2.45) is 5.92 Å². The van der Waals surface area contributed by atoms with Crippen LogP contribution < -0.4 is 5.32 Å². The predicted molar refractivity (Wildman–Crippen MR) is 81.0 cm³/mol. The first kappa shape index (κ1) is 14.1. The summed E-state index contributed by atoms with van der Waals surface area (Å²) in [5.41, 5.74) is 1.22. The van der Waals surface area contributed by atoms with Gasteiger partial charge in [-0.25, -0.2) is 0 Å². The molecule has 110 valence electrons. The molecule has 3 nitrogen and oxygen atoms in total. The zero-order valence-electron chi connectivity index (χ0n) is 11.8. The SMILES string of the molecule is O=C(NCC(O)C1CCCC1)C1CCCc2sccc21. The summed E-state index contributed by atoms with van der Waals surface area (Å²) < 4.78 is 0. The number of carbonyl (C=O) groups excluding carboxylic acids is 1. The fourth-order valence-corrected chi connectivity index (χ4v) is 4.58. The fraction of sp³-hybridized carbons (Fsp3) is 0.688. The molecule has 1 aromatic heterocycles. The monoisotopic (exact) mass is 293 g/mol. The average Bonchev–Trinajstić information content (AvgIpc) is 3.13. The van der Waals surface area contributed by atoms with Gasteiger partial charge in [-0.3, -0.25) is 4.79 Å². The topological polar surface area (TPSA) is 49.3 Å². The highest BCUT2D eigenvalue weighted by Gasteiger charge is 2.29. The number of amides is 1. The predicted octanol–water partition coefficient (Wildman–Crippen LogP) is 2.84. The Morgan fingerprint density at radius 3 is 2.95 bits per heavy atom. The second-order valence-electron chi connectivity index (χ2n) is 6.10. The molecule has 1 amide bonds. The number of rotatable bonds is 4. The van der Waals surface area contributed by atoms with Gasteiger partial charge in [-0.15, -0.1) is 11.3 Å². The minimum absolute atomic E-state index is 0.000720. The van der Waals surface area contributed by atoms with E-state index in [1.165, 1.54) is 23.3 Å². The van der Waals surface area contributed by atoms with Crippen molar-refractivity contribution in [2.45, 2.75) is 57.0 Å². The Morgan fingerprint density at radius 2 is 2.15 bits per heavy atom. The fourth-order valence-electron chi connectivity index (χ4n) is 3.60. The van der Waals surface area contributed by atoms with Gasteiger partial charge in [0, 0.05) is 11.4 Å². The van der Waals surface area contributed by atoms with Crippen molar-refractivity contribution in [1.29, 1.82) is 0 Å². The van der Waals surface area contributed by atoms with E-state index in [-0.39, 0.29) is 17.9 Å². The zero-order valence-corrected chi connectivity index (χ0v) is 12.6. The van der Waals surface area contributed by atoms with E-state index in [9.17, 15) is 9.90 Å². The van der Waals surface area contributed by atoms with Gasteiger partial charge in [0.1, 0.15) is 0 Å². The lowest BCUT2D eigenvalue weighted by atomic mass is 9.87. The highest BCUT2D eigenvalue weighted by Crippen LogP contribution is 2.35. The highest BCUT2D eigenvalue weighted by molar-refractivity contribution is 7.10. The molecule has 0 bridgehead atoms. The van der Waals surface area contributed by atoms with E-state index >= 15 is 0 Å². The lowest BCUT2D eigenvalue weighted by Gasteiger charge is -2.24. The van der Waals surface area contributed by atoms with Gasteiger partial charge in [0.15, 0.2) is 0 Å². The zero-order chi connectivity index (χ0) is 13.9. The van der Waals surface area contributed by atoms with Gasteiger partial charge in [0.05, 0.1) is 12.0 Å². The number of carbonyl (C=O) groups is 1. The lowest BCUT2D eigenvalue weighted by molar-refractivity contribution is -0.123. The Labute approximate surface area is 124 Å². The first-order valence-corrected chi connectivity index (χ1v) is 8.65. The summed E-state index contributed by atoms with van der Waals surface area (Å²) in [4.78, 5) is 13.7. The molecule has 4 heteroatoms. The van der Waals surface area contributed by atoms with Crippen LogP contribution in [0.4, 0.5) is 0 Å². The van der Waals surface area contributed by atoms with Gasteiger partial charge in [0.2, 0.25) is 5.91 Å². The van der Waals surface area contributed by atoms with E-state index in [0.717, 1.165) is 32.1 Å². The van der Waals surface area contributed by atoms with Crippen LogP contribution >= 0.6 is 11.3 Å². The Kier molecular flexibility index (Phi) is 4.41. The second kappa shape index (κ2) is 6.27. The summed E-state index contributed by atoms with van der Waals surface area (Å²) in [7, 11) is 0. The van der Waals surface area contributed by atoms with Crippen molar-refractivity contribution < 1.29 is 9.90 Å². The molecule has 1 fully saturated rings. The quantitative estimate of drug-likeness (QED) is 0.897. The third-order valence-electron chi connectivity index (χ3n) is 4.80. The molecule has 0 aromatic carbocycles. The van der Waals surface area contributed by atoms with Gasteiger partial charge >= 0.3 is 0 Å². The van der Waals surface area contributed by atoms with E-state index in [1.54, 1.807) is 11.3 Å². The molecule has 2 N–H and O–H groups in total. The molecule has 3 rings (SSSR count). The van der Waals surface area contributed by atoms with Crippen LogP contribution in [0.1, 0.15) is 54.9 Å². The molecule has 1 aromatic rings. The first-order valence-electron chi connectivity index (χ1n) is 7.77. The van der Waals surface area contributed by atoms with Crippen LogP contribution in [0.5, 0.6) is 0 Å². The molecule has 0 aliphatic heterocycles. The Bertz CT molecular complexity index is 465. The average molecular weight is 293 g/mol. The van der Waals surface area contributed by atoms with Crippen LogP contribution in [0.15, 0.2) is 11.4 Å². The van der Waals surface area contributed by atoms with Crippen molar-refractivity contribution in [3.8, 4) is 0 Å². The van der Waals surface area contributed by atoms with Crippen molar-refractivity contribution >= 4 is 17.2 Å². The van der Waals surface area contributed by atoms with E-state index in [0.29, 0.717) is 12.5 Å². The number of nitrogens with one attached hydrogen (secondary N) is 1. The number of fused-ring (bicyclic) bond motifs is 1. The van der Waals surface area contributed by atoms with E-state index in [1.807, 2.05) is 0 Å². The van der Waals surface area contributed by atoms with Crippen molar-refractivity contribution in [3.63, 3.8) is 0 Å². The summed E-state index contributed by atoms with van der Waals surface area (Å²) >= 11 is 1.76. The molecule has 1 saturated carbocycles. The van der Waals surface area contributed by atoms with Crippen LogP contribution in [-0.4, -0.2) is 23.7 Å². The van der Waals surface area contributed by atoms with Crippen LogP contribution in [0.25, 0.3) is 0 Å². The number of aryl methyl sites for hydroxylation is 1. The summed E-state index contributed by atoms with van der Waals surface area (Å²) in [6.45, 7) is 0.416. The van der Waals surface area contributed by atoms with Gasteiger partial charge in [-0.05, 0) is 55.0 Å². The highest BCUT2D eigenvalue weighted by atomic mass is 32.1. The standard InChI is InChI=1S/C16H23NO2S/c18-14(11-4-1-2-5-11)10-17-16(19)13-6-3-7-15-12(13)8-9-20-15/h8-9,11,13-14,18H,1-7,10H2,(H,17,19). The summed E-state index contributed by atoms with van der Waals surface area (Å²) in [6.07, 6.45) is 7.43. The van der Waals surface area contributed by atoms with Gasteiger partial charge < -0.3 is 10.4 Å². The van der Waals surface area contributed by atoms with Gasteiger partial charge in [0.25, 0.3) is 0 Å². The Morgan fingerprint density at radius 1 is 1.35 bits per heavy atom. The lowest BCUT2D eigenvalue weighted by Crippen LogP contribution is -2.38. The largest absolute Gasteiger partial charge is 0.391 e. The van der Waals surface area contributed by atoms with Crippen molar-refractivity contribution in [1.82, 2.24) is 5.32 Å². The number of hydrogen-bond acceptors (Lipinski definition) is 3. The molecule has 2 aliphatic carbocycles. The molecule has 2 unspecified atom stereocenters. The Balaban J connectivity index is 1.55. The maximum Gasteiger partial charge on any atom is 0.227 e. The Hall–Kier alpha value is -0.870. The van der Waals surface area contributed by atoms with Crippen LogP contribution in [0, 0.1) is 5.92 Å². The van der Waals surface area contributed by atoms with E-state index in [2.05, 4.69) is 16.8 Å². The molecule has 0 saturated heterocycles. The van der Waals surface area contributed by atoms with Crippen molar-refractivity contribution in [2.75, 3.05) is 6.54 Å². The molecular weight excluding hydrogens is 270 g/mol. The van der Waals surface area contributed by atoms with Gasteiger partial charge in [-0.1, -0.05) is 12.8 Å². The van der Waals surface area contributed by atoms with E-state index < -0.39 is 0 Å². The number of aliphatic hydroxyl groups excluding tert-OH is 1.